The quantitative estimate of drug-likeness (QED) is 0.445. The largest absolute Gasteiger partial charge is 0.390 e. The molecule has 6 atom stereocenters. The third kappa shape index (κ3) is 5.32. The van der Waals surface area contributed by atoms with Crippen molar-refractivity contribution in [3.05, 3.63) is 23.3 Å². The van der Waals surface area contributed by atoms with Gasteiger partial charge in [0.25, 0.3) is 0 Å². The molecule has 3 rings (SSSR count). The lowest BCUT2D eigenvalue weighted by Gasteiger charge is -2.44. The van der Waals surface area contributed by atoms with Crippen LogP contribution in [0.5, 0.6) is 0 Å². The Balaban J connectivity index is 1.68. The number of alkyl halides is 1. The summed E-state index contributed by atoms with van der Waals surface area (Å²) in [6.07, 6.45) is 11.1. The van der Waals surface area contributed by atoms with Gasteiger partial charge in [0, 0.05) is 0 Å². The maximum atomic E-state index is 13.2. The lowest BCUT2D eigenvalue weighted by Crippen LogP contribution is -2.57. The Hall–Kier alpha value is -0.750. The van der Waals surface area contributed by atoms with Crippen molar-refractivity contribution in [3.63, 3.8) is 0 Å². The fraction of sp³-hybridized carbons (Fsp3) is 0.852. The highest BCUT2D eigenvalue weighted by atomic mass is 19.1. The van der Waals surface area contributed by atoms with Gasteiger partial charge in [0.15, 0.2) is 0 Å². The van der Waals surface area contributed by atoms with Crippen LogP contribution in [0.15, 0.2) is 23.3 Å². The number of hydrogen-bond acceptors (Lipinski definition) is 4. The molecule has 0 heterocycles. The summed E-state index contributed by atoms with van der Waals surface area (Å²) in [5, 5.41) is 40.6. The van der Waals surface area contributed by atoms with Gasteiger partial charge in [-0.2, -0.15) is 0 Å². The Kier molecular flexibility index (Phi) is 7.96. The first kappa shape index (κ1) is 25.9. The van der Waals surface area contributed by atoms with Crippen molar-refractivity contribution >= 4 is 0 Å². The molecule has 4 N–H and O–H groups in total. The van der Waals surface area contributed by atoms with Crippen LogP contribution >= 0.6 is 0 Å². The van der Waals surface area contributed by atoms with Gasteiger partial charge in [-0.25, -0.2) is 4.39 Å². The van der Waals surface area contributed by atoms with Gasteiger partial charge >= 0.3 is 0 Å². The summed E-state index contributed by atoms with van der Waals surface area (Å²) in [7, 11) is 0. The van der Waals surface area contributed by atoms with E-state index in [9.17, 15) is 24.8 Å². The van der Waals surface area contributed by atoms with E-state index < -0.39 is 30.1 Å². The lowest BCUT2D eigenvalue weighted by atomic mass is 9.60. The zero-order valence-corrected chi connectivity index (χ0v) is 20.5. The SMILES string of the molecule is C[C@@H](CCCC(C)(C)O)C1CCC2/C(=C/C=C3C[C@@H](O)C(O)(CF)[C@H](O)C3)CCCC21C. The molecule has 0 amide bonds. The Labute approximate surface area is 193 Å². The highest BCUT2D eigenvalue weighted by Gasteiger charge is 2.50. The van der Waals surface area contributed by atoms with Gasteiger partial charge in [0.1, 0.15) is 12.3 Å². The van der Waals surface area contributed by atoms with Crippen molar-refractivity contribution in [2.75, 3.05) is 6.67 Å². The first-order valence-corrected chi connectivity index (χ1v) is 12.7. The van der Waals surface area contributed by atoms with Crippen LogP contribution in [0, 0.1) is 23.2 Å². The van der Waals surface area contributed by atoms with Crippen molar-refractivity contribution in [2.45, 2.75) is 115 Å². The second kappa shape index (κ2) is 9.85. The molecular weight excluding hydrogens is 407 g/mol. The van der Waals surface area contributed by atoms with Crippen LogP contribution in [-0.4, -0.2) is 50.5 Å². The van der Waals surface area contributed by atoms with Crippen molar-refractivity contribution in [2.24, 2.45) is 23.2 Å². The molecule has 4 nitrogen and oxygen atoms in total. The maximum absolute atomic E-state index is 13.2. The Morgan fingerprint density at radius 2 is 1.81 bits per heavy atom. The zero-order valence-electron chi connectivity index (χ0n) is 20.5. The number of aliphatic hydroxyl groups excluding tert-OH is 2. The third-order valence-electron chi connectivity index (χ3n) is 8.99. The first-order valence-electron chi connectivity index (χ1n) is 12.7. The molecule has 5 heteroatoms. The normalized spacial score (nSPS) is 40.4. The van der Waals surface area contributed by atoms with Gasteiger partial charge in [-0.3, -0.25) is 0 Å². The van der Waals surface area contributed by atoms with Crippen molar-refractivity contribution in [3.8, 4) is 0 Å². The molecule has 32 heavy (non-hydrogen) atoms. The molecule has 0 bridgehead atoms. The van der Waals surface area contributed by atoms with Gasteiger partial charge in [-0.05, 0) is 88.4 Å². The topological polar surface area (TPSA) is 80.9 Å². The van der Waals surface area contributed by atoms with E-state index in [1.54, 1.807) is 0 Å². The predicted molar refractivity (Wildman–Crippen MR) is 126 cm³/mol. The van der Waals surface area contributed by atoms with E-state index in [0.29, 0.717) is 23.2 Å². The number of allylic oxidation sites excluding steroid dienone is 3. The minimum atomic E-state index is -2.05. The fourth-order valence-corrected chi connectivity index (χ4v) is 6.97. The summed E-state index contributed by atoms with van der Waals surface area (Å²) in [6.45, 7) is 7.50. The first-order chi connectivity index (χ1) is 14.9. The minimum Gasteiger partial charge on any atom is -0.390 e. The minimum absolute atomic E-state index is 0.198. The van der Waals surface area contributed by atoms with Crippen LogP contribution in [-0.2, 0) is 0 Å². The Bertz CT molecular complexity index is 695. The molecule has 0 saturated heterocycles. The third-order valence-corrected chi connectivity index (χ3v) is 8.99. The molecule has 3 fully saturated rings. The van der Waals surface area contributed by atoms with Crippen LogP contribution in [0.2, 0.25) is 0 Å². The molecular formula is C27H45FO4. The van der Waals surface area contributed by atoms with Gasteiger partial charge < -0.3 is 20.4 Å². The molecule has 3 unspecified atom stereocenters. The highest BCUT2D eigenvalue weighted by molar-refractivity contribution is 5.27. The van der Waals surface area contributed by atoms with Crippen LogP contribution < -0.4 is 0 Å². The van der Waals surface area contributed by atoms with E-state index in [-0.39, 0.29) is 12.8 Å². The summed E-state index contributed by atoms with van der Waals surface area (Å²) >= 11 is 0. The second-order valence-electron chi connectivity index (χ2n) is 11.9. The number of fused-ring (bicyclic) bond motifs is 1. The van der Waals surface area contributed by atoms with Gasteiger partial charge in [-0.1, -0.05) is 50.0 Å². The summed E-state index contributed by atoms with van der Waals surface area (Å²) in [6, 6.07) is 0. The Morgan fingerprint density at radius 1 is 1.16 bits per heavy atom. The summed E-state index contributed by atoms with van der Waals surface area (Å²) in [5.41, 5.74) is 0.00579. The van der Waals surface area contributed by atoms with E-state index in [0.717, 1.165) is 31.3 Å². The fourth-order valence-electron chi connectivity index (χ4n) is 6.97. The predicted octanol–water partition coefficient (Wildman–Crippen LogP) is 4.85. The van der Waals surface area contributed by atoms with E-state index in [1.807, 2.05) is 19.9 Å². The van der Waals surface area contributed by atoms with Gasteiger partial charge in [0.05, 0.1) is 17.8 Å². The van der Waals surface area contributed by atoms with Crippen LogP contribution in [0.1, 0.15) is 91.9 Å². The monoisotopic (exact) mass is 452 g/mol. The smallest absolute Gasteiger partial charge is 0.145 e. The second-order valence-corrected chi connectivity index (χ2v) is 11.9. The number of rotatable bonds is 7. The molecule has 3 aliphatic carbocycles. The van der Waals surface area contributed by atoms with Crippen molar-refractivity contribution < 1.29 is 24.8 Å². The number of halogens is 1. The molecule has 0 aromatic carbocycles. The van der Waals surface area contributed by atoms with Crippen molar-refractivity contribution in [1.29, 1.82) is 0 Å². The summed E-state index contributed by atoms with van der Waals surface area (Å²) < 4.78 is 13.2. The van der Waals surface area contributed by atoms with Crippen LogP contribution in [0.4, 0.5) is 4.39 Å². The lowest BCUT2D eigenvalue weighted by molar-refractivity contribution is -0.165. The molecule has 3 saturated carbocycles. The Morgan fingerprint density at radius 3 is 2.41 bits per heavy atom. The molecule has 0 spiro atoms. The van der Waals surface area contributed by atoms with E-state index in [2.05, 4.69) is 19.9 Å². The summed E-state index contributed by atoms with van der Waals surface area (Å²) in [5.74, 6) is 1.91. The van der Waals surface area contributed by atoms with E-state index in [1.165, 1.54) is 31.3 Å². The molecule has 0 aromatic heterocycles. The molecule has 3 aliphatic rings. The molecule has 0 aliphatic heterocycles. The maximum Gasteiger partial charge on any atom is 0.145 e. The molecule has 184 valence electrons. The molecule has 0 radical (unpaired) electrons. The zero-order chi connectivity index (χ0) is 23.7. The van der Waals surface area contributed by atoms with Crippen molar-refractivity contribution in [1.82, 2.24) is 0 Å². The van der Waals surface area contributed by atoms with E-state index >= 15 is 0 Å². The number of aliphatic hydroxyl groups is 4. The van der Waals surface area contributed by atoms with E-state index in [4.69, 9.17) is 0 Å². The van der Waals surface area contributed by atoms with Crippen LogP contribution in [0.3, 0.4) is 0 Å². The van der Waals surface area contributed by atoms with Crippen LogP contribution in [0.25, 0.3) is 0 Å². The van der Waals surface area contributed by atoms with Gasteiger partial charge in [0.2, 0.25) is 0 Å². The van der Waals surface area contributed by atoms with Gasteiger partial charge in [-0.15, -0.1) is 0 Å². The molecule has 0 aromatic rings. The summed E-state index contributed by atoms with van der Waals surface area (Å²) in [4.78, 5) is 0. The average molecular weight is 453 g/mol. The highest BCUT2D eigenvalue weighted by Crippen LogP contribution is 2.60. The standard InChI is InChI=1S/C27H45FO4/c1-18(7-5-13-25(2,3)31)21-11-12-22-20(8-6-14-26(21,22)4)10-9-19-15-23(29)27(32,17-28)24(30)16-19/h9-10,18,21-24,29-32H,5-8,11-17H2,1-4H3/b19-9?,20-10+/t18-,21?,22?,23+,24+,26?,27?/m0/s1. The number of hydrogen-bond donors (Lipinski definition) is 4. The average Bonchev–Trinajstić information content (AvgIpc) is 3.06.